The maximum Gasteiger partial charge on any atom is 0.296 e. The lowest BCUT2D eigenvalue weighted by atomic mass is 10.1. The molecule has 1 aromatic rings. The van der Waals surface area contributed by atoms with Crippen LogP contribution in [0.5, 0.6) is 0 Å². The zero-order chi connectivity index (χ0) is 13.2. The fourth-order valence-electron chi connectivity index (χ4n) is 1.34. The summed E-state index contributed by atoms with van der Waals surface area (Å²) in [6.07, 6.45) is 0. The molecule has 0 unspecified atom stereocenters. The number of ketones is 1. The van der Waals surface area contributed by atoms with E-state index in [1.54, 1.807) is 0 Å². The summed E-state index contributed by atoms with van der Waals surface area (Å²) in [5.41, 5.74) is -0.176. The van der Waals surface area contributed by atoms with Gasteiger partial charge in [0, 0.05) is 12.5 Å². The Morgan fingerprint density at radius 1 is 1.24 bits per heavy atom. The number of nitrogens with one attached hydrogen (secondary N) is 1. The fourth-order valence-corrected chi connectivity index (χ4v) is 2.01. The number of hydrogen-bond acceptors (Lipinski definition) is 4. The van der Waals surface area contributed by atoms with Crippen LogP contribution in [0.2, 0.25) is 0 Å². The van der Waals surface area contributed by atoms with E-state index < -0.39 is 26.7 Å². The van der Waals surface area contributed by atoms with Gasteiger partial charge in [0.05, 0.1) is 5.69 Å². The molecule has 0 bridgehead atoms. The minimum Gasteiger partial charge on any atom is -0.324 e. The van der Waals surface area contributed by atoms with Crippen molar-refractivity contribution in [2.45, 2.75) is 18.7 Å². The Balaban J connectivity index is 3.56. The molecule has 0 saturated carbocycles. The third-order valence-corrected chi connectivity index (χ3v) is 2.88. The van der Waals surface area contributed by atoms with Gasteiger partial charge in [0.25, 0.3) is 10.1 Å². The molecule has 0 aromatic heterocycles. The lowest BCUT2D eigenvalue weighted by molar-refractivity contribution is -0.114. The zero-order valence-electron chi connectivity index (χ0n) is 9.22. The maximum atomic E-state index is 11.3. The highest BCUT2D eigenvalue weighted by molar-refractivity contribution is 7.86. The third kappa shape index (κ3) is 3.11. The molecular weight excluding hydrogens is 246 g/mol. The van der Waals surface area contributed by atoms with Gasteiger partial charge in [-0.15, -0.1) is 0 Å². The van der Waals surface area contributed by atoms with Gasteiger partial charge in [-0.05, 0) is 19.1 Å². The molecule has 92 valence electrons. The van der Waals surface area contributed by atoms with E-state index in [2.05, 4.69) is 5.32 Å². The highest BCUT2D eigenvalue weighted by Crippen LogP contribution is 2.25. The largest absolute Gasteiger partial charge is 0.324 e. The van der Waals surface area contributed by atoms with E-state index in [1.807, 2.05) is 0 Å². The van der Waals surface area contributed by atoms with Gasteiger partial charge in [0.15, 0.2) is 5.78 Å². The van der Waals surface area contributed by atoms with Crippen LogP contribution in [0, 0.1) is 0 Å². The number of carbonyl (C=O) groups excluding carboxylic acids is 2. The second-order valence-electron chi connectivity index (χ2n) is 3.39. The van der Waals surface area contributed by atoms with E-state index in [4.69, 9.17) is 4.55 Å². The van der Waals surface area contributed by atoms with Crippen molar-refractivity contribution in [3.05, 3.63) is 23.8 Å². The number of rotatable bonds is 3. The van der Waals surface area contributed by atoms with Crippen molar-refractivity contribution >= 4 is 27.5 Å². The summed E-state index contributed by atoms with van der Waals surface area (Å²) in [6, 6.07) is 3.78. The fraction of sp³-hybridized carbons (Fsp3) is 0.200. The molecule has 0 heterocycles. The van der Waals surface area contributed by atoms with Gasteiger partial charge in [-0.3, -0.25) is 14.1 Å². The molecule has 7 heteroatoms. The summed E-state index contributed by atoms with van der Waals surface area (Å²) in [5.74, 6) is -0.956. The van der Waals surface area contributed by atoms with Gasteiger partial charge in [-0.25, -0.2) is 0 Å². The van der Waals surface area contributed by atoms with E-state index in [0.29, 0.717) is 0 Å². The van der Waals surface area contributed by atoms with Crippen LogP contribution in [0.25, 0.3) is 0 Å². The number of Topliss-reactive ketones (excluding diaryl/α,β-unsaturated/α-hetero) is 1. The van der Waals surface area contributed by atoms with Gasteiger partial charge in [-0.1, -0.05) is 6.07 Å². The first-order valence-electron chi connectivity index (χ1n) is 4.62. The molecule has 0 saturated heterocycles. The van der Waals surface area contributed by atoms with Gasteiger partial charge in [0.2, 0.25) is 5.91 Å². The molecular formula is C10H11NO5S. The normalized spacial score (nSPS) is 11.0. The van der Waals surface area contributed by atoms with Crippen molar-refractivity contribution in [1.29, 1.82) is 0 Å². The van der Waals surface area contributed by atoms with E-state index in [-0.39, 0.29) is 11.3 Å². The molecule has 2 N–H and O–H groups in total. The molecule has 0 fully saturated rings. The number of anilines is 1. The zero-order valence-corrected chi connectivity index (χ0v) is 10.0. The van der Waals surface area contributed by atoms with Gasteiger partial charge in [0.1, 0.15) is 4.90 Å². The first-order chi connectivity index (χ1) is 7.73. The molecule has 0 aliphatic rings. The summed E-state index contributed by atoms with van der Waals surface area (Å²) in [4.78, 5) is 21.8. The molecule has 0 aliphatic heterocycles. The van der Waals surface area contributed by atoms with E-state index in [0.717, 1.165) is 6.07 Å². The van der Waals surface area contributed by atoms with E-state index >= 15 is 0 Å². The van der Waals surface area contributed by atoms with Crippen molar-refractivity contribution in [2.24, 2.45) is 0 Å². The van der Waals surface area contributed by atoms with Gasteiger partial charge >= 0.3 is 0 Å². The summed E-state index contributed by atoms with van der Waals surface area (Å²) >= 11 is 0. The van der Waals surface area contributed by atoms with Crippen LogP contribution in [0.3, 0.4) is 0 Å². The predicted molar refractivity (Wildman–Crippen MR) is 60.6 cm³/mol. The Morgan fingerprint density at radius 2 is 1.82 bits per heavy atom. The average Bonchev–Trinajstić information content (AvgIpc) is 2.14. The number of amides is 1. The quantitative estimate of drug-likeness (QED) is 0.623. The third-order valence-electron chi connectivity index (χ3n) is 1.98. The number of benzene rings is 1. The van der Waals surface area contributed by atoms with Crippen molar-refractivity contribution < 1.29 is 22.6 Å². The highest BCUT2D eigenvalue weighted by Gasteiger charge is 2.20. The minimum atomic E-state index is -4.50. The Bertz CT molecular complexity index is 576. The van der Waals surface area contributed by atoms with Gasteiger partial charge < -0.3 is 5.32 Å². The minimum absolute atomic E-state index is 0.0234. The van der Waals surface area contributed by atoms with E-state index in [9.17, 15) is 18.0 Å². The first kappa shape index (κ1) is 13.3. The molecule has 1 amide bonds. The Labute approximate surface area is 98.4 Å². The molecule has 6 nitrogen and oxygen atoms in total. The van der Waals surface area contributed by atoms with Gasteiger partial charge in [-0.2, -0.15) is 8.42 Å². The maximum absolute atomic E-state index is 11.3. The van der Waals surface area contributed by atoms with Crippen LogP contribution >= 0.6 is 0 Å². The number of carbonyl (C=O) groups is 2. The van der Waals surface area contributed by atoms with Crippen LogP contribution in [0.4, 0.5) is 5.69 Å². The van der Waals surface area contributed by atoms with Crippen molar-refractivity contribution in [3.8, 4) is 0 Å². The molecule has 1 rings (SSSR count). The monoisotopic (exact) mass is 257 g/mol. The second-order valence-corrected chi connectivity index (χ2v) is 4.78. The summed E-state index contributed by atoms with van der Waals surface area (Å²) < 4.78 is 31.2. The van der Waals surface area contributed by atoms with Crippen LogP contribution in [-0.2, 0) is 14.9 Å². The summed E-state index contributed by atoms with van der Waals surface area (Å²) in [7, 11) is -4.50. The standard InChI is InChI=1S/C10H11NO5S/c1-6(12)8-4-3-5-9(17(14,15)16)10(8)11-7(2)13/h3-5H,1-2H3,(H,11,13)(H,14,15,16). The lowest BCUT2D eigenvalue weighted by Gasteiger charge is -2.11. The number of para-hydroxylation sites is 1. The molecule has 17 heavy (non-hydrogen) atoms. The Kier molecular flexibility index (Phi) is 3.64. The lowest BCUT2D eigenvalue weighted by Crippen LogP contribution is -2.14. The van der Waals surface area contributed by atoms with Crippen LogP contribution in [0.1, 0.15) is 24.2 Å². The van der Waals surface area contributed by atoms with Crippen molar-refractivity contribution in [3.63, 3.8) is 0 Å². The highest BCUT2D eigenvalue weighted by atomic mass is 32.2. The number of hydrogen-bond donors (Lipinski definition) is 2. The molecule has 0 aliphatic carbocycles. The molecule has 0 radical (unpaired) electrons. The Morgan fingerprint density at radius 3 is 2.24 bits per heavy atom. The second kappa shape index (κ2) is 4.64. The molecule has 0 spiro atoms. The first-order valence-corrected chi connectivity index (χ1v) is 6.06. The summed E-state index contributed by atoms with van der Waals surface area (Å²) in [5, 5.41) is 2.23. The van der Waals surface area contributed by atoms with Crippen LogP contribution in [-0.4, -0.2) is 24.7 Å². The Hall–Kier alpha value is -1.73. The topological polar surface area (TPSA) is 101 Å². The molecule has 1 aromatic carbocycles. The predicted octanol–water partition coefficient (Wildman–Crippen LogP) is 1.09. The molecule has 0 atom stereocenters. The van der Waals surface area contributed by atoms with Crippen molar-refractivity contribution in [1.82, 2.24) is 0 Å². The van der Waals surface area contributed by atoms with Crippen molar-refractivity contribution in [2.75, 3.05) is 5.32 Å². The van der Waals surface area contributed by atoms with Crippen LogP contribution < -0.4 is 5.32 Å². The SMILES string of the molecule is CC(=O)Nc1c(C(C)=O)cccc1S(=O)(=O)O. The van der Waals surface area contributed by atoms with E-state index in [1.165, 1.54) is 26.0 Å². The van der Waals surface area contributed by atoms with Crippen LogP contribution in [0.15, 0.2) is 23.1 Å². The summed E-state index contributed by atoms with van der Waals surface area (Å²) in [6.45, 7) is 2.40. The average molecular weight is 257 g/mol. The smallest absolute Gasteiger partial charge is 0.296 e.